The Morgan fingerprint density at radius 3 is 1.22 bits per heavy atom. The number of carbonyl (C=O) groups is 4. The van der Waals surface area contributed by atoms with Gasteiger partial charge < -0.3 is 40.6 Å². The van der Waals surface area contributed by atoms with Gasteiger partial charge in [-0.3, -0.25) is 9.59 Å². The zero-order valence-electron chi connectivity index (χ0n) is 28.4. The number of hydrogen-bond acceptors (Lipinski definition) is 8. The van der Waals surface area contributed by atoms with Gasteiger partial charge in [0.05, 0.1) is 13.2 Å². The van der Waals surface area contributed by atoms with Crippen LogP contribution in [0, 0.1) is 0 Å². The quantitative estimate of drug-likeness (QED) is 0.0765. The van der Waals surface area contributed by atoms with Gasteiger partial charge in [-0.1, -0.05) is 136 Å². The van der Waals surface area contributed by atoms with Crippen molar-refractivity contribution in [2.45, 2.75) is 53.2 Å². The molecule has 0 aromatic heterocycles. The van der Waals surface area contributed by atoms with Crippen molar-refractivity contribution in [3.05, 3.63) is 144 Å². The van der Waals surface area contributed by atoms with Crippen molar-refractivity contribution >= 4 is 85.2 Å². The second-order valence-electron chi connectivity index (χ2n) is 10.6. The lowest BCUT2D eigenvalue weighted by Crippen LogP contribution is -2.49. The van der Waals surface area contributed by atoms with Gasteiger partial charge in [0.25, 0.3) is 0 Å². The summed E-state index contributed by atoms with van der Waals surface area (Å²) in [5, 5.41) is 19.6. The lowest BCUT2D eigenvalue weighted by atomic mass is 10.2. The molecule has 0 aliphatic carbocycles. The van der Waals surface area contributed by atoms with Crippen LogP contribution in [-0.4, -0.2) is 61.5 Å². The fourth-order valence-corrected chi connectivity index (χ4v) is 4.17. The van der Waals surface area contributed by atoms with E-state index in [0.29, 0.717) is 13.1 Å². The van der Waals surface area contributed by atoms with Crippen LogP contribution in [0.3, 0.4) is 0 Å². The number of carbonyl (C=O) groups excluding carboxylic acids is 4. The Hall–Kier alpha value is -3.53. The summed E-state index contributed by atoms with van der Waals surface area (Å²) in [5.74, 6) is -0.805. The van der Waals surface area contributed by atoms with Crippen molar-refractivity contribution in [3.63, 3.8) is 0 Å². The van der Waals surface area contributed by atoms with Crippen LogP contribution >= 0.6 is 61.2 Å². The topological polar surface area (TPSA) is 164 Å². The Morgan fingerprint density at radius 2 is 0.889 bits per heavy atom. The molecule has 0 radical (unpaired) electrons. The van der Waals surface area contributed by atoms with E-state index in [1.807, 2.05) is 121 Å². The van der Waals surface area contributed by atoms with E-state index in [9.17, 15) is 24.3 Å². The van der Waals surface area contributed by atoms with E-state index in [1.54, 1.807) is 0 Å². The maximum Gasteiger partial charge on any atom is 0.408 e. The molecule has 15 heteroatoms. The fraction of sp³-hybridized carbons (Fsp3) is 0.282. The molecule has 0 aliphatic rings. The van der Waals surface area contributed by atoms with Gasteiger partial charge in [0.1, 0.15) is 25.3 Å². The molecule has 0 unspecified atom stereocenters. The number of nitrogens with one attached hydrogen (secondary N) is 4. The Bertz CT molecular complexity index is 1560. The Morgan fingerprint density at radius 1 is 0.574 bits per heavy atom. The van der Waals surface area contributed by atoms with Crippen LogP contribution < -0.4 is 21.3 Å². The smallest absolute Gasteiger partial charge is 0.408 e. The molecule has 0 saturated carbocycles. The largest absolute Gasteiger partial charge is 0.445 e. The summed E-state index contributed by atoms with van der Waals surface area (Å²) in [5.41, 5.74) is 3.60. The maximum absolute atomic E-state index is 12.3. The summed E-state index contributed by atoms with van der Waals surface area (Å²) < 4.78 is 15.2. The third kappa shape index (κ3) is 22.6. The molecule has 0 heterocycles. The first kappa shape index (κ1) is 52.6. The molecule has 0 spiro atoms. The molecule has 4 rings (SSSR count). The summed E-state index contributed by atoms with van der Waals surface area (Å²) in [6.45, 7) is 0.466. The van der Waals surface area contributed by atoms with Crippen molar-refractivity contribution in [2.24, 2.45) is 0 Å². The van der Waals surface area contributed by atoms with E-state index in [4.69, 9.17) is 14.2 Å². The monoisotopic (exact) mass is 1080 g/mol. The van der Waals surface area contributed by atoms with Crippen LogP contribution in [0.15, 0.2) is 121 Å². The van der Waals surface area contributed by atoms with Crippen LogP contribution in [0.2, 0.25) is 0 Å². The van der Waals surface area contributed by atoms with Gasteiger partial charge >= 0.3 is 12.2 Å². The molecule has 4 amide bonds. The molecule has 4 aromatic rings. The third-order valence-electron chi connectivity index (χ3n) is 6.78. The summed E-state index contributed by atoms with van der Waals surface area (Å²) in [6.07, 6.45) is -1.42. The minimum absolute atomic E-state index is 0. The normalized spacial score (nSPS) is 10.4. The number of halogens is 3. The Kier molecular flexibility index (Phi) is 32.0. The summed E-state index contributed by atoms with van der Waals surface area (Å²) >= 11 is 4.24. The van der Waals surface area contributed by atoms with Crippen LogP contribution in [0.1, 0.15) is 37.1 Å². The molecule has 0 aliphatic heterocycles. The van der Waals surface area contributed by atoms with Crippen molar-refractivity contribution in [1.82, 2.24) is 21.3 Å². The molecule has 0 saturated heterocycles. The first-order valence-corrected chi connectivity index (χ1v) is 22.0. The number of alkyl carbamates (subject to hydrolysis) is 2. The first-order chi connectivity index (χ1) is 24.9. The Balaban J connectivity index is 0. The van der Waals surface area contributed by atoms with Crippen LogP contribution in [0.25, 0.3) is 0 Å². The number of amides is 4. The summed E-state index contributed by atoms with van der Waals surface area (Å²) in [7, 11) is 1.47. The van der Waals surface area contributed by atoms with E-state index in [-0.39, 0.29) is 64.6 Å². The lowest BCUT2D eigenvalue weighted by Gasteiger charge is -2.17. The SMILES string of the molecule is C.C.COC[C@@H](NC(=O)OCc1ccccc1)C(=O)NCc1ccccc1.I.II.O=C(N[C@H](CO)C(=O)NCc1ccccc1)OCc1ccccc1. The highest BCUT2D eigenvalue weighted by atomic mass is 128. The molecule has 5 N–H and O–H groups in total. The molecule has 0 bridgehead atoms. The molecular weight excluding hydrogens is 1030 g/mol. The number of aliphatic hydroxyl groups excluding tert-OH is 1. The lowest BCUT2D eigenvalue weighted by molar-refractivity contribution is -0.125. The van der Waals surface area contributed by atoms with Crippen molar-refractivity contribution < 1.29 is 38.5 Å². The number of methoxy groups -OCH3 is 1. The maximum atomic E-state index is 12.3. The van der Waals surface area contributed by atoms with Crippen molar-refractivity contribution in [1.29, 1.82) is 0 Å². The zero-order valence-corrected chi connectivity index (χ0v) is 35.1. The molecular formula is C39H51I3N4O8. The van der Waals surface area contributed by atoms with Gasteiger partial charge in [0, 0.05) is 57.4 Å². The molecule has 0 fully saturated rings. The highest BCUT2D eigenvalue weighted by Gasteiger charge is 2.22. The number of benzene rings is 4. The van der Waals surface area contributed by atoms with Gasteiger partial charge in [0.2, 0.25) is 11.8 Å². The summed E-state index contributed by atoms with van der Waals surface area (Å²) in [6, 6.07) is 35.5. The molecule has 296 valence electrons. The molecule has 54 heavy (non-hydrogen) atoms. The predicted octanol–water partition coefficient (Wildman–Crippen LogP) is 7.50. The van der Waals surface area contributed by atoms with Gasteiger partial charge in [-0.15, -0.1) is 24.0 Å². The van der Waals surface area contributed by atoms with E-state index >= 15 is 0 Å². The van der Waals surface area contributed by atoms with Gasteiger partial charge in [-0.25, -0.2) is 9.59 Å². The average Bonchev–Trinajstić information content (AvgIpc) is 3.19. The summed E-state index contributed by atoms with van der Waals surface area (Å²) in [4.78, 5) is 47.9. The first-order valence-electron chi connectivity index (χ1n) is 15.7. The predicted molar refractivity (Wildman–Crippen MR) is 240 cm³/mol. The zero-order chi connectivity index (χ0) is 37.1. The van der Waals surface area contributed by atoms with E-state index in [1.165, 1.54) is 7.11 Å². The Labute approximate surface area is 359 Å². The molecule has 2 atom stereocenters. The van der Waals surface area contributed by atoms with Gasteiger partial charge in [0.15, 0.2) is 0 Å². The van der Waals surface area contributed by atoms with Gasteiger partial charge in [-0.2, -0.15) is 0 Å². The third-order valence-corrected chi connectivity index (χ3v) is 6.78. The number of rotatable bonds is 15. The van der Waals surface area contributed by atoms with E-state index < -0.39 is 36.8 Å². The van der Waals surface area contributed by atoms with Crippen molar-refractivity contribution in [2.75, 3.05) is 20.3 Å². The minimum atomic E-state index is -1.06. The highest BCUT2D eigenvalue weighted by molar-refractivity contribution is 15.0. The second kappa shape index (κ2) is 32.9. The average molecular weight is 1080 g/mol. The number of hydrogen-bond donors (Lipinski definition) is 5. The van der Waals surface area contributed by atoms with E-state index in [2.05, 4.69) is 58.5 Å². The van der Waals surface area contributed by atoms with Crippen LogP contribution in [0.5, 0.6) is 0 Å². The molecule has 4 aromatic carbocycles. The fourth-order valence-electron chi connectivity index (χ4n) is 4.17. The van der Waals surface area contributed by atoms with Crippen LogP contribution in [0.4, 0.5) is 9.59 Å². The number of aliphatic hydroxyl groups is 1. The highest BCUT2D eigenvalue weighted by Crippen LogP contribution is 2.03. The van der Waals surface area contributed by atoms with E-state index in [0.717, 1.165) is 22.3 Å². The standard InChI is InChI=1S/C19H22N2O4.C18H20N2O4.2CH4.I2.HI/c1-24-14-17(18(22)20-12-15-8-4-2-5-9-15)21-19(23)25-13-16-10-6-3-7-11-16;21-12-16(17(22)19-11-14-7-3-1-4-8-14)20-18(23)24-13-15-9-5-2-6-10-15;;;1-2;/h2-11,17H,12-14H2,1H3,(H,20,22)(H,21,23);1-10,16,21H,11-13H2,(H,19,22)(H,20,23);2*1H4;;1H/t17-;16-;;;;/m11..../s1. The molecule has 12 nitrogen and oxygen atoms in total. The van der Waals surface area contributed by atoms with Crippen LogP contribution in [-0.2, 0) is 50.1 Å². The van der Waals surface area contributed by atoms with Gasteiger partial charge in [-0.05, 0) is 22.3 Å². The second-order valence-corrected chi connectivity index (χ2v) is 10.6. The van der Waals surface area contributed by atoms with Crippen molar-refractivity contribution in [3.8, 4) is 0 Å². The minimum Gasteiger partial charge on any atom is -0.445 e. The number of ether oxygens (including phenoxy) is 3.